The maximum Gasteiger partial charge on any atom is 0.414 e. The number of anilines is 1. The van der Waals surface area contributed by atoms with Crippen LogP contribution < -0.4 is 26.6 Å². The minimum absolute atomic E-state index is 0. The highest BCUT2D eigenvalue weighted by Gasteiger charge is 2.52. The molecule has 0 saturated carbocycles. The Morgan fingerprint density at radius 2 is 1.74 bits per heavy atom. The average molecular weight is 578 g/mol. The van der Waals surface area contributed by atoms with Gasteiger partial charge in [-0.15, -0.1) is 0 Å². The van der Waals surface area contributed by atoms with Crippen molar-refractivity contribution in [1.29, 1.82) is 0 Å². The van der Waals surface area contributed by atoms with E-state index in [4.69, 9.17) is 9.47 Å². The first-order valence-electron chi connectivity index (χ1n) is 12.2. The number of para-hydroxylation sites is 1. The maximum atomic E-state index is 13.3. The molecule has 2 unspecified atom stereocenters. The van der Waals surface area contributed by atoms with Gasteiger partial charge in [0, 0.05) is 37.5 Å². The lowest BCUT2D eigenvalue weighted by molar-refractivity contribution is -0.949. The van der Waals surface area contributed by atoms with Gasteiger partial charge in [0.05, 0.1) is 44.5 Å². The van der Waals surface area contributed by atoms with Crippen LogP contribution in [0.4, 0.5) is 10.5 Å². The zero-order chi connectivity index (χ0) is 23.4. The van der Waals surface area contributed by atoms with Gasteiger partial charge in [-0.05, 0) is 46.0 Å². The smallest absolute Gasteiger partial charge is 0.414 e. The SMILES string of the molecule is C[N+]1(CCCOc2ccccc2)[C@@H]2CC[C@H]1CC(OC(=O)N(Cc1ccsc1)c1ccsc1)C2.[Br-]. The number of hydrogen-bond acceptors (Lipinski definition) is 5. The third-order valence-electron chi connectivity index (χ3n) is 7.59. The van der Waals surface area contributed by atoms with Gasteiger partial charge >= 0.3 is 6.09 Å². The standard InChI is InChI=1S/C27H33N2O3S2.BrH/c1-29(12-5-13-31-25-6-3-2-4-7-25)23-8-9-24(29)17-26(16-23)32-27(30)28(22-11-15-34-20-22)18-21-10-14-33-19-21;/h2-4,6-7,10-11,14-15,19-20,23-24,26H,5,8-9,12-13,16-18H2,1H3;1H/q+1;/p-1/t23-,24+,26?,29?;. The van der Waals surface area contributed by atoms with Crippen LogP contribution in [0.25, 0.3) is 0 Å². The first kappa shape index (κ1) is 26.2. The molecular weight excluding hydrogens is 544 g/mol. The minimum atomic E-state index is -0.221. The molecule has 0 aliphatic carbocycles. The van der Waals surface area contributed by atoms with E-state index in [0.29, 0.717) is 18.6 Å². The zero-order valence-corrected chi connectivity index (χ0v) is 23.3. The summed E-state index contributed by atoms with van der Waals surface area (Å²) >= 11 is 3.26. The Labute approximate surface area is 226 Å². The van der Waals surface area contributed by atoms with Gasteiger partial charge in [-0.3, -0.25) is 4.90 Å². The Balaban J connectivity index is 0.00000289. The first-order valence-corrected chi connectivity index (χ1v) is 14.0. The van der Waals surface area contributed by atoms with Crippen molar-refractivity contribution in [1.82, 2.24) is 0 Å². The number of piperidine rings is 1. The molecule has 3 aromatic rings. The van der Waals surface area contributed by atoms with Crippen molar-refractivity contribution in [2.24, 2.45) is 0 Å². The second-order valence-electron chi connectivity index (χ2n) is 9.65. The number of nitrogens with zero attached hydrogens (tertiary/aromatic N) is 2. The molecule has 35 heavy (non-hydrogen) atoms. The molecule has 188 valence electrons. The molecule has 2 fully saturated rings. The Hall–Kier alpha value is -1.87. The molecule has 0 N–H and O–H groups in total. The molecule has 5 rings (SSSR count). The molecule has 8 heteroatoms. The summed E-state index contributed by atoms with van der Waals surface area (Å²) in [5.41, 5.74) is 2.05. The van der Waals surface area contributed by atoms with Crippen LogP contribution in [0.1, 0.15) is 37.7 Å². The van der Waals surface area contributed by atoms with E-state index in [0.717, 1.165) is 53.9 Å². The predicted octanol–water partition coefficient (Wildman–Crippen LogP) is 3.57. The van der Waals surface area contributed by atoms with Crippen molar-refractivity contribution >= 4 is 34.5 Å². The molecule has 1 amide bonds. The molecule has 4 atom stereocenters. The summed E-state index contributed by atoms with van der Waals surface area (Å²) in [6.07, 6.45) is 5.16. The van der Waals surface area contributed by atoms with Gasteiger partial charge in [-0.25, -0.2) is 4.79 Å². The Kier molecular flexibility index (Phi) is 8.92. The summed E-state index contributed by atoms with van der Waals surface area (Å²) in [6.45, 7) is 2.41. The Morgan fingerprint density at radius 1 is 1.03 bits per heavy atom. The summed E-state index contributed by atoms with van der Waals surface area (Å²) in [5, 5.41) is 8.17. The van der Waals surface area contributed by atoms with Crippen LogP contribution >= 0.6 is 22.7 Å². The lowest BCUT2D eigenvalue weighted by atomic mass is 9.96. The van der Waals surface area contributed by atoms with Crippen LogP contribution in [-0.2, 0) is 11.3 Å². The summed E-state index contributed by atoms with van der Waals surface area (Å²) in [7, 11) is 2.40. The highest BCUT2D eigenvalue weighted by atomic mass is 79.9. The van der Waals surface area contributed by atoms with Gasteiger partial charge in [-0.2, -0.15) is 22.7 Å². The van der Waals surface area contributed by atoms with Gasteiger partial charge < -0.3 is 30.9 Å². The molecule has 0 spiro atoms. The van der Waals surface area contributed by atoms with Gasteiger partial charge in [0.1, 0.15) is 11.9 Å². The molecular formula is C27H33BrN2O3S2. The van der Waals surface area contributed by atoms with E-state index in [1.165, 1.54) is 12.8 Å². The molecule has 1 aromatic carbocycles. The van der Waals surface area contributed by atoms with Crippen molar-refractivity contribution in [2.75, 3.05) is 25.1 Å². The van der Waals surface area contributed by atoms with Crippen LogP contribution in [0, 0.1) is 0 Å². The number of hydrogen-bond donors (Lipinski definition) is 0. The van der Waals surface area contributed by atoms with Crippen molar-refractivity contribution in [3.63, 3.8) is 0 Å². The van der Waals surface area contributed by atoms with Gasteiger partial charge in [0.15, 0.2) is 0 Å². The van der Waals surface area contributed by atoms with E-state index in [-0.39, 0.29) is 29.2 Å². The second-order valence-corrected chi connectivity index (χ2v) is 11.2. The van der Waals surface area contributed by atoms with Gasteiger partial charge in [0.2, 0.25) is 0 Å². The van der Waals surface area contributed by atoms with E-state index in [1.807, 2.05) is 47.2 Å². The van der Waals surface area contributed by atoms with Gasteiger partial charge in [0.25, 0.3) is 0 Å². The van der Waals surface area contributed by atoms with E-state index >= 15 is 0 Å². The summed E-state index contributed by atoms with van der Waals surface area (Å²) in [5.74, 6) is 0.941. The monoisotopic (exact) mass is 576 g/mol. The Bertz CT molecular complexity index is 1030. The number of amides is 1. The number of thiophene rings is 2. The van der Waals surface area contributed by atoms with E-state index in [1.54, 1.807) is 27.6 Å². The van der Waals surface area contributed by atoms with Crippen LogP contribution in [0.3, 0.4) is 0 Å². The number of carbonyl (C=O) groups is 1. The molecule has 2 aromatic heterocycles. The minimum Gasteiger partial charge on any atom is -1.00 e. The molecule has 5 nitrogen and oxygen atoms in total. The zero-order valence-electron chi connectivity index (χ0n) is 20.1. The fraction of sp³-hybridized carbons (Fsp3) is 0.444. The number of rotatable bonds is 9. The van der Waals surface area contributed by atoms with Crippen LogP contribution in [0.2, 0.25) is 0 Å². The highest BCUT2D eigenvalue weighted by Crippen LogP contribution is 2.42. The number of benzene rings is 1. The lowest BCUT2D eigenvalue weighted by Gasteiger charge is -2.47. The van der Waals surface area contributed by atoms with Crippen LogP contribution in [-0.4, -0.2) is 49.0 Å². The molecule has 2 bridgehead atoms. The maximum absolute atomic E-state index is 13.3. The van der Waals surface area contributed by atoms with E-state index < -0.39 is 0 Å². The normalized spacial score (nSPS) is 25.0. The van der Waals surface area contributed by atoms with Gasteiger partial charge in [-0.1, -0.05) is 18.2 Å². The van der Waals surface area contributed by atoms with Crippen LogP contribution in [0.15, 0.2) is 64.0 Å². The van der Waals surface area contributed by atoms with Crippen molar-refractivity contribution < 1.29 is 35.7 Å². The lowest BCUT2D eigenvalue weighted by Crippen LogP contribution is -3.00. The first-order chi connectivity index (χ1) is 16.6. The topological polar surface area (TPSA) is 38.8 Å². The highest BCUT2D eigenvalue weighted by molar-refractivity contribution is 7.08. The summed E-state index contributed by atoms with van der Waals surface area (Å²) < 4.78 is 13.2. The molecule has 2 saturated heterocycles. The third kappa shape index (κ3) is 6.10. The fourth-order valence-electron chi connectivity index (χ4n) is 5.71. The number of fused-ring (bicyclic) bond motifs is 2. The number of quaternary nitrogens is 1. The predicted molar refractivity (Wildman–Crippen MR) is 139 cm³/mol. The fourth-order valence-corrected chi connectivity index (χ4v) is 7.01. The molecule has 2 aliphatic heterocycles. The third-order valence-corrected chi connectivity index (χ3v) is 9.00. The number of ether oxygens (including phenoxy) is 2. The number of carbonyl (C=O) groups excluding carboxylic acids is 1. The quantitative estimate of drug-likeness (QED) is 0.289. The van der Waals surface area contributed by atoms with Crippen molar-refractivity contribution in [3.05, 3.63) is 69.5 Å². The summed E-state index contributed by atoms with van der Waals surface area (Å²) in [6, 6.07) is 15.2. The Morgan fingerprint density at radius 3 is 2.40 bits per heavy atom. The molecule has 2 aliphatic rings. The van der Waals surface area contributed by atoms with Crippen molar-refractivity contribution in [3.8, 4) is 5.75 Å². The average Bonchev–Trinajstić information content (AvgIpc) is 3.58. The molecule has 4 heterocycles. The number of halogens is 1. The second kappa shape index (κ2) is 11.9. The largest absolute Gasteiger partial charge is 1.00 e. The van der Waals surface area contributed by atoms with Crippen molar-refractivity contribution in [2.45, 2.75) is 56.8 Å². The van der Waals surface area contributed by atoms with Crippen LogP contribution in [0.5, 0.6) is 5.75 Å². The van der Waals surface area contributed by atoms with E-state index in [2.05, 4.69) is 23.9 Å². The molecule has 0 radical (unpaired) electrons. The van der Waals surface area contributed by atoms with E-state index in [9.17, 15) is 4.79 Å². The summed E-state index contributed by atoms with van der Waals surface area (Å²) in [4.78, 5) is 15.0.